The summed E-state index contributed by atoms with van der Waals surface area (Å²) in [7, 11) is 0. The second-order valence-corrected chi connectivity index (χ2v) is 4.15. The number of rotatable bonds is 3. The normalized spacial score (nSPS) is 11.2. The van der Waals surface area contributed by atoms with E-state index in [9.17, 15) is 18.0 Å². The molecule has 0 spiro atoms. The van der Waals surface area contributed by atoms with E-state index in [1.165, 1.54) is 30.6 Å². The first-order valence-corrected chi connectivity index (χ1v) is 5.74. The first kappa shape index (κ1) is 14.3. The van der Waals surface area contributed by atoms with Crippen LogP contribution in [0.5, 0.6) is 5.75 Å². The van der Waals surface area contributed by atoms with E-state index in [1.807, 2.05) is 0 Å². The Morgan fingerprint density at radius 1 is 1.15 bits per heavy atom. The summed E-state index contributed by atoms with van der Waals surface area (Å²) in [6.07, 6.45) is -1.87. The molecule has 0 fully saturated rings. The lowest BCUT2D eigenvalue weighted by Crippen LogP contribution is -2.17. The van der Waals surface area contributed by atoms with Gasteiger partial charge in [0.05, 0.1) is 5.02 Å². The summed E-state index contributed by atoms with van der Waals surface area (Å²) in [6, 6.07) is 5.46. The van der Waals surface area contributed by atoms with Crippen molar-refractivity contribution in [1.29, 1.82) is 0 Å². The van der Waals surface area contributed by atoms with Gasteiger partial charge in [-0.25, -0.2) is 0 Å². The van der Waals surface area contributed by atoms with Gasteiger partial charge >= 0.3 is 6.36 Å². The molecule has 0 saturated heterocycles. The summed E-state index contributed by atoms with van der Waals surface area (Å²) >= 11 is 5.81. The lowest BCUT2D eigenvalue weighted by atomic mass is 10.0. The molecule has 0 aliphatic heterocycles. The van der Waals surface area contributed by atoms with Crippen LogP contribution in [0.2, 0.25) is 5.02 Å². The summed E-state index contributed by atoms with van der Waals surface area (Å²) in [5.74, 6) is -0.424. The van der Waals surface area contributed by atoms with Crippen molar-refractivity contribution in [3.8, 4) is 16.9 Å². The average molecular weight is 302 g/mol. The van der Waals surface area contributed by atoms with Crippen LogP contribution in [0.1, 0.15) is 10.4 Å². The molecule has 1 heterocycles. The van der Waals surface area contributed by atoms with Gasteiger partial charge in [-0.2, -0.15) is 0 Å². The topological polar surface area (TPSA) is 39.2 Å². The summed E-state index contributed by atoms with van der Waals surface area (Å²) < 4.78 is 41.0. The summed E-state index contributed by atoms with van der Waals surface area (Å²) in [4.78, 5) is 14.8. The Morgan fingerprint density at radius 3 is 2.50 bits per heavy atom. The number of ether oxygens (including phenoxy) is 1. The molecule has 104 valence electrons. The lowest BCUT2D eigenvalue weighted by Gasteiger charge is -2.14. The van der Waals surface area contributed by atoms with Crippen molar-refractivity contribution < 1.29 is 22.7 Å². The fourth-order valence-electron chi connectivity index (χ4n) is 1.68. The average Bonchev–Trinajstić information content (AvgIpc) is 2.37. The number of aldehydes is 1. The van der Waals surface area contributed by atoms with Crippen LogP contribution in [-0.4, -0.2) is 17.6 Å². The third-order valence-electron chi connectivity index (χ3n) is 2.46. The van der Waals surface area contributed by atoms with Crippen molar-refractivity contribution in [2.24, 2.45) is 0 Å². The minimum Gasteiger partial charge on any atom is -0.405 e. The van der Waals surface area contributed by atoms with Gasteiger partial charge in [0.15, 0.2) is 6.29 Å². The number of benzene rings is 1. The van der Waals surface area contributed by atoms with Crippen LogP contribution in [-0.2, 0) is 0 Å². The molecule has 0 radical (unpaired) electrons. The highest BCUT2D eigenvalue weighted by Gasteiger charge is 2.32. The van der Waals surface area contributed by atoms with Gasteiger partial charge in [0.2, 0.25) is 0 Å². The molecule has 3 nitrogen and oxygen atoms in total. The standard InChI is InChI=1S/C13H7ClF3NO2/c14-11-6-18-5-9(10(11)7-19)8-3-1-2-4-12(8)20-13(15,16)17/h1-7H. The molecule has 1 aromatic heterocycles. The summed E-state index contributed by atoms with van der Waals surface area (Å²) in [6.45, 7) is 0. The second kappa shape index (κ2) is 5.50. The number of alkyl halides is 3. The predicted molar refractivity (Wildman–Crippen MR) is 66.8 cm³/mol. The zero-order chi connectivity index (χ0) is 14.8. The number of hydrogen-bond acceptors (Lipinski definition) is 3. The van der Waals surface area contributed by atoms with Gasteiger partial charge in [0.1, 0.15) is 5.75 Å². The largest absolute Gasteiger partial charge is 0.573 e. The van der Waals surface area contributed by atoms with E-state index in [0.29, 0.717) is 6.29 Å². The Labute approximate surface area is 117 Å². The molecular formula is C13H7ClF3NO2. The minimum absolute atomic E-state index is 0.0549. The zero-order valence-electron chi connectivity index (χ0n) is 9.82. The molecule has 0 bridgehead atoms. The zero-order valence-corrected chi connectivity index (χ0v) is 10.6. The van der Waals surface area contributed by atoms with Gasteiger partial charge in [-0.15, -0.1) is 13.2 Å². The fraction of sp³-hybridized carbons (Fsp3) is 0.0769. The van der Waals surface area contributed by atoms with Gasteiger partial charge in [-0.1, -0.05) is 29.8 Å². The van der Waals surface area contributed by atoms with Crippen LogP contribution >= 0.6 is 11.6 Å². The van der Waals surface area contributed by atoms with E-state index in [-0.39, 0.29) is 21.7 Å². The molecule has 2 rings (SSSR count). The van der Waals surface area contributed by atoms with E-state index < -0.39 is 12.1 Å². The van der Waals surface area contributed by atoms with E-state index >= 15 is 0 Å². The van der Waals surface area contributed by atoms with Crippen LogP contribution in [0.3, 0.4) is 0 Å². The smallest absolute Gasteiger partial charge is 0.405 e. The molecule has 2 aromatic rings. The Balaban J connectivity index is 2.59. The second-order valence-electron chi connectivity index (χ2n) is 3.74. The van der Waals surface area contributed by atoms with E-state index in [4.69, 9.17) is 11.6 Å². The monoisotopic (exact) mass is 301 g/mol. The Bertz CT molecular complexity index is 644. The van der Waals surface area contributed by atoms with Gasteiger partial charge in [0.25, 0.3) is 0 Å². The molecule has 7 heteroatoms. The minimum atomic E-state index is -4.83. The summed E-state index contributed by atoms with van der Waals surface area (Å²) in [5.41, 5.74) is 0.314. The SMILES string of the molecule is O=Cc1c(Cl)cncc1-c1ccccc1OC(F)(F)F. The van der Waals surface area contributed by atoms with Crippen molar-refractivity contribution in [3.05, 3.63) is 47.2 Å². The first-order chi connectivity index (χ1) is 9.42. The maximum Gasteiger partial charge on any atom is 0.573 e. The van der Waals surface area contributed by atoms with Gasteiger partial charge in [-0.05, 0) is 6.07 Å². The van der Waals surface area contributed by atoms with Crippen LogP contribution in [0.25, 0.3) is 11.1 Å². The number of aromatic nitrogens is 1. The fourth-order valence-corrected chi connectivity index (χ4v) is 1.88. The van der Waals surface area contributed by atoms with Crippen molar-refractivity contribution in [2.75, 3.05) is 0 Å². The third-order valence-corrected chi connectivity index (χ3v) is 2.76. The van der Waals surface area contributed by atoms with Crippen LogP contribution in [0.15, 0.2) is 36.7 Å². The number of hydrogen-bond donors (Lipinski definition) is 0. The number of halogens is 4. The molecule has 0 unspecified atom stereocenters. The highest BCUT2D eigenvalue weighted by molar-refractivity contribution is 6.33. The first-order valence-electron chi connectivity index (χ1n) is 5.36. The van der Waals surface area contributed by atoms with E-state index in [2.05, 4.69) is 9.72 Å². The van der Waals surface area contributed by atoms with Crippen LogP contribution in [0.4, 0.5) is 13.2 Å². The maximum absolute atomic E-state index is 12.4. The molecule has 0 aliphatic rings. The van der Waals surface area contributed by atoms with Gasteiger partial charge in [-0.3, -0.25) is 9.78 Å². The molecule has 0 aliphatic carbocycles. The number of para-hydroxylation sites is 1. The maximum atomic E-state index is 12.4. The molecule has 0 atom stereocenters. The summed E-state index contributed by atoms with van der Waals surface area (Å²) in [5, 5.41) is 0.0549. The van der Waals surface area contributed by atoms with Crippen LogP contribution < -0.4 is 4.74 Å². The van der Waals surface area contributed by atoms with Crippen molar-refractivity contribution in [2.45, 2.75) is 6.36 Å². The number of nitrogens with zero attached hydrogens (tertiary/aromatic N) is 1. The predicted octanol–water partition coefficient (Wildman–Crippen LogP) is 4.11. The Morgan fingerprint density at radius 2 is 1.85 bits per heavy atom. The van der Waals surface area contributed by atoms with Crippen molar-refractivity contribution in [3.63, 3.8) is 0 Å². The molecular weight excluding hydrogens is 295 g/mol. The van der Waals surface area contributed by atoms with Gasteiger partial charge < -0.3 is 4.74 Å². The number of carbonyl (C=O) groups is 1. The number of pyridine rings is 1. The quantitative estimate of drug-likeness (QED) is 0.801. The van der Waals surface area contributed by atoms with Gasteiger partial charge in [0, 0.05) is 29.1 Å². The molecule has 0 saturated carbocycles. The molecule has 1 aromatic carbocycles. The van der Waals surface area contributed by atoms with Crippen LogP contribution in [0, 0.1) is 0 Å². The molecule has 0 amide bonds. The highest BCUT2D eigenvalue weighted by atomic mass is 35.5. The molecule has 20 heavy (non-hydrogen) atoms. The third kappa shape index (κ3) is 3.08. The van der Waals surface area contributed by atoms with E-state index in [0.717, 1.165) is 6.07 Å². The Kier molecular flexibility index (Phi) is 3.94. The molecule has 0 N–H and O–H groups in total. The van der Waals surface area contributed by atoms with Crippen molar-refractivity contribution in [1.82, 2.24) is 4.98 Å². The van der Waals surface area contributed by atoms with E-state index in [1.54, 1.807) is 0 Å². The number of carbonyl (C=O) groups excluding carboxylic acids is 1. The Hall–Kier alpha value is -2.08. The highest BCUT2D eigenvalue weighted by Crippen LogP contribution is 2.36. The lowest BCUT2D eigenvalue weighted by molar-refractivity contribution is -0.274. The van der Waals surface area contributed by atoms with Crippen molar-refractivity contribution >= 4 is 17.9 Å².